The Kier molecular flexibility index (Phi) is 5.55. The topological polar surface area (TPSA) is 76.5 Å². The Labute approximate surface area is 186 Å². The number of carbonyl (C=O) groups excluding carboxylic acids is 1. The average Bonchev–Trinajstić information content (AvgIpc) is 3.13. The lowest BCUT2D eigenvalue weighted by Crippen LogP contribution is -2.41. The monoisotopic (exact) mass is 462 g/mol. The molecule has 1 saturated heterocycles. The molecule has 1 fully saturated rings. The van der Waals surface area contributed by atoms with Crippen molar-refractivity contribution in [1.29, 1.82) is 0 Å². The quantitative estimate of drug-likeness (QED) is 0.641. The molecule has 1 amide bonds. The molecule has 3 aromatic rings. The number of aromatic nitrogens is 2. The zero-order chi connectivity index (χ0) is 20.7. The van der Waals surface area contributed by atoms with Gasteiger partial charge in [0.2, 0.25) is 5.91 Å². The molecule has 1 N–H and O–H groups in total. The van der Waals surface area contributed by atoms with Gasteiger partial charge in [-0.1, -0.05) is 23.7 Å². The smallest absolute Gasteiger partial charge is 0.271 e. The molecule has 1 aromatic carbocycles. The van der Waals surface area contributed by atoms with E-state index < -0.39 is 0 Å². The molecular weight excluding hydrogens is 444 g/mol. The lowest BCUT2D eigenvalue weighted by Gasteiger charge is -2.35. The first-order valence-electron chi connectivity index (χ1n) is 9.62. The standard InChI is InChI=1S/C20H19ClN4O3S2/c21-13-3-1-12(2-4-13)14(24-5-7-28-8-6-24)9-25-11-22-16-17-20(29-10-15(26)23-17)30-18(16)19(25)27/h1-4,11,14H,5-10H2,(H,23,26)/t14-/m0/s1. The van der Waals surface area contributed by atoms with Gasteiger partial charge >= 0.3 is 0 Å². The molecule has 0 saturated carbocycles. The Morgan fingerprint density at radius 2 is 1.97 bits per heavy atom. The summed E-state index contributed by atoms with van der Waals surface area (Å²) in [6, 6.07) is 7.78. The van der Waals surface area contributed by atoms with Crippen LogP contribution in [0, 0.1) is 0 Å². The summed E-state index contributed by atoms with van der Waals surface area (Å²) >= 11 is 8.94. The second kappa shape index (κ2) is 8.32. The number of nitrogens with zero attached hydrogens (tertiary/aromatic N) is 3. The van der Waals surface area contributed by atoms with E-state index >= 15 is 0 Å². The molecule has 10 heteroatoms. The molecule has 1 atom stereocenters. The minimum atomic E-state index is -0.0820. The number of morpholine rings is 1. The Hall–Kier alpha value is -1.91. The first-order valence-corrected chi connectivity index (χ1v) is 11.8. The fourth-order valence-corrected chi connectivity index (χ4v) is 6.13. The summed E-state index contributed by atoms with van der Waals surface area (Å²) in [4.78, 5) is 31.9. The van der Waals surface area contributed by atoms with E-state index in [1.807, 2.05) is 24.3 Å². The van der Waals surface area contributed by atoms with Crippen molar-refractivity contribution in [3.05, 3.63) is 51.5 Å². The molecule has 4 heterocycles. The first-order chi connectivity index (χ1) is 14.6. The van der Waals surface area contributed by atoms with Gasteiger partial charge in [-0.05, 0) is 17.7 Å². The van der Waals surface area contributed by atoms with Gasteiger partial charge in [0.15, 0.2) is 0 Å². The third-order valence-electron chi connectivity index (χ3n) is 5.34. The number of hydrogen-bond donors (Lipinski definition) is 1. The van der Waals surface area contributed by atoms with Crippen LogP contribution in [0.2, 0.25) is 5.02 Å². The maximum Gasteiger partial charge on any atom is 0.271 e. The van der Waals surface area contributed by atoms with E-state index in [1.54, 1.807) is 10.9 Å². The lowest BCUT2D eigenvalue weighted by atomic mass is 10.0. The van der Waals surface area contributed by atoms with Crippen molar-refractivity contribution in [2.24, 2.45) is 0 Å². The molecular formula is C20H19ClN4O3S2. The zero-order valence-electron chi connectivity index (χ0n) is 16.0. The fourth-order valence-electron chi connectivity index (χ4n) is 3.82. The summed E-state index contributed by atoms with van der Waals surface area (Å²) in [5, 5.41) is 3.54. The van der Waals surface area contributed by atoms with Crippen LogP contribution in [0.15, 0.2) is 39.6 Å². The largest absolute Gasteiger partial charge is 0.379 e. The van der Waals surface area contributed by atoms with Gasteiger partial charge in [-0.3, -0.25) is 19.1 Å². The van der Waals surface area contributed by atoms with Crippen molar-refractivity contribution in [2.45, 2.75) is 16.8 Å². The van der Waals surface area contributed by atoms with Crippen molar-refractivity contribution < 1.29 is 9.53 Å². The molecule has 0 aliphatic carbocycles. The van der Waals surface area contributed by atoms with Crippen LogP contribution in [0.25, 0.3) is 10.2 Å². The summed E-state index contributed by atoms with van der Waals surface area (Å²) in [7, 11) is 0. The Morgan fingerprint density at radius 1 is 1.20 bits per heavy atom. The highest BCUT2D eigenvalue weighted by atomic mass is 35.5. The maximum absolute atomic E-state index is 13.3. The average molecular weight is 463 g/mol. The number of amides is 1. The summed E-state index contributed by atoms with van der Waals surface area (Å²) in [6.07, 6.45) is 1.59. The van der Waals surface area contributed by atoms with Crippen LogP contribution in [0.3, 0.4) is 0 Å². The summed E-state index contributed by atoms with van der Waals surface area (Å²) in [5.41, 5.74) is 2.26. The van der Waals surface area contributed by atoms with Crippen LogP contribution in [0.5, 0.6) is 0 Å². The van der Waals surface area contributed by atoms with Gasteiger partial charge in [0.1, 0.15) is 10.2 Å². The number of halogens is 1. The van der Waals surface area contributed by atoms with Crippen LogP contribution >= 0.6 is 34.7 Å². The lowest BCUT2D eigenvalue weighted by molar-refractivity contribution is -0.113. The third kappa shape index (κ3) is 3.76. The van der Waals surface area contributed by atoms with Crippen molar-refractivity contribution in [3.8, 4) is 0 Å². The SMILES string of the molecule is O=C1CSc2sc3c(=O)n(C[C@@H](c4ccc(Cl)cc4)N4CCOCC4)cnc3c2N1. The number of benzene rings is 1. The van der Waals surface area contributed by atoms with Crippen LogP contribution < -0.4 is 10.9 Å². The Morgan fingerprint density at radius 3 is 2.73 bits per heavy atom. The second-order valence-corrected chi connectivity index (χ2v) is 9.90. The van der Waals surface area contributed by atoms with Gasteiger partial charge in [-0.2, -0.15) is 0 Å². The molecule has 0 spiro atoms. The number of fused-ring (bicyclic) bond motifs is 3. The molecule has 0 radical (unpaired) electrons. The van der Waals surface area contributed by atoms with Crippen molar-refractivity contribution in [3.63, 3.8) is 0 Å². The van der Waals surface area contributed by atoms with Crippen molar-refractivity contribution in [1.82, 2.24) is 14.5 Å². The molecule has 2 aliphatic heterocycles. The normalized spacial score (nSPS) is 18.2. The summed E-state index contributed by atoms with van der Waals surface area (Å²) < 4.78 is 8.70. The fraction of sp³-hybridized carbons (Fsp3) is 0.350. The van der Waals surface area contributed by atoms with Crippen molar-refractivity contribution >= 4 is 56.5 Å². The summed E-state index contributed by atoms with van der Waals surface area (Å²) in [5.74, 6) is 0.303. The van der Waals surface area contributed by atoms with E-state index in [2.05, 4.69) is 15.2 Å². The Bertz CT molecular complexity index is 1160. The second-order valence-electron chi connectivity index (χ2n) is 7.20. The van der Waals surface area contributed by atoms with E-state index in [1.165, 1.54) is 23.1 Å². The molecule has 2 aliphatic rings. The predicted octanol–water partition coefficient (Wildman–Crippen LogP) is 3.23. The Balaban J connectivity index is 1.52. The minimum absolute atomic E-state index is 0.00628. The highest BCUT2D eigenvalue weighted by molar-refractivity contribution is 8.02. The van der Waals surface area contributed by atoms with E-state index in [9.17, 15) is 9.59 Å². The van der Waals surface area contributed by atoms with Crippen LogP contribution in [-0.4, -0.2) is 52.4 Å². The number of nitrogens with one attached hydrogen (secondary N) is 1. The van der Waals surface area contributed by atoms with Crippen molar-refractivity contribution in [2.75, 3.05) is 37.4 Å². The molecule has 2 aromatic heterocycles. The van der Waals surface area contributed by atoms with E-state index in [-0.39, 0.29) is 17.5 Å². The van der Waals surface area contributed by atoms with Gasteiger partial charge in [0.05, 0.1) is 41.2 Å². The number of thioether (sulfide) groups is 1. The van der Waals surface area contributed by atoms with Gasteiger partial charge in [-0.25, -0.2) is 4.98 Å². The van der Waals surface area contributed by atoms with E-state index in [0.717, 1.165) is 22.9 Å². The highest BCUT2D eigenvalue weighted by Crippen LogP contribution is 2.42. The number of carbonyl (C=O) groups is 1. The highest BCUT2D eigenvalue weighted by Gasteiger charge is 2.26. The van der Waals surface area contributed by atoms with Crippen LogP contribution in [0.1, 0.15) is 11.6 Å². The molecule has 5 rings (SSSR count). The number of ether oxygens (including phenoxy) is 1. The van der Waals surface area contributed by atoms with Crippen LogP contribution in [-0.2, 0) is 16.1 Å². The van der Waals surface area contributed by atoms with E-state index in [0.29, 0.717) is 46.4 Å². The molecule has 30 heavy (non-hydrogen) atoms. The number of rotatable bonds is 4. The molecule has 156 valence electrons. The van der Waals surface area contributed by atoms with Gasteiger partial charge in [-0.15, -0.1) is 23.1 Å². The minimum Gasteiger partial charge on any atom is -0.379 e. The molecule has 0 bridgehead atoms. The number of thiophene rings is 1. The first kappa shape index (κ1) is 20.0. The third-order valence-corrected chi connectivity index (χ3v) is 8.03. The maximum atomic E-state index is 13.3. The number of anilines is 1. The van der Waals surface area contributed by atoms with E-state index in [4.69, 9.17) is 16.3 Å². The van der Waals surface area contributed by atoms with Gasteiger partial charge in [0.25, 0.3) is 5.56 Å². The van der Waals surface area contributed by atoms with Gasteiger partial charge < -0.3 is 10.1 Å². The number of hydrogen-bond acceptors (Lipinski definition) is 7. The summed E-state index contributed by atoms with van der Waals surface area (Å²) in [6.45, 7) is 3.42. The predicted molar refractivity (Wildman–Crippen MR) is 120 cm³/mol. The van der Waals surface area contributed by atoms with Crippen LogP contribution in [0.4, 0.5) is 5.69 Å². The molecule has 0 unspecified atom stereocenters. The molecule has 7 nitrogen and oxygen atoms in total. The zero-order valence-corrected chi connectivity index (χ0v) is 18.4. The van der Waals surface area contributed by atoms with Gasteiger partial charge in [0, 0.05) is 24.7 Å².